The summed E-state index contributed by atoms with van der Waals surface area (Å²) in [6.07, 6.45) is 5.28. The highest BCUT2D eigenvalue weighted by molar-refractivity contribution is 7.13. The average molecular weight is 407 g/mol. The number of carbonyl (C=O) groups excluding carboxylic acids is 1. The predicted octanol–water partition coefficient (Wildman–Crippen LogP) is 3.61. The van der Waals surface area contributed by atoms with Crippen LogP contribution in [0.15, 0.2) is 66.4 Å². The van der Waals surface area contributed by atoms with Gasteiger partial charge < -0.3 is 10.2 Å². The normalized spacial score (nSPS) is 11.1. The van der Waals surface area contributed by atoms with Crippen LogP contribution in [0, 0.1) is 0 Å². The lowest BCUT2D eigenvalue weighted by Gasteiger charge is -2.08. The smallest absolute Gasteiger partial charge is 0.259 e. The number of para-hydroxylation sites is 1. The number of thiophene rings is 1. The van der Waals surface area contributed by atoms with E-state index in [9.17, 15) is 4.79 Å². The number of aromatic nitrogens is 4. The van der Waals surface area contributed by atoms with Crippen molar-refractivity contribution in [2.45, 2.75) is 6.54 Å². The van der Waals surface area contributed by atoms with E-state index in [-0.39, 0.29) is 5.91 Å². The minimum Gasteiger partial charge on any atom is -0.319 e. The second-order valence-electron chi connectivity index (χ2n) is 6.90. The number of anilines is 1. The number of amides is 1. The number of likely N-dealkylation sites (N-methyl/N-ethyl adjacent to an activating group) is 1. The third kappa shape index (κ3) is 4.44. The van der Waals surface area contributed by atoms with Crippen molar-refractivity contribution in [3.63, 3.8) is 0 Å². The van der Waals surface area contributed by atoms with Crippen LogP contribution in [0.1, 0.15) is 10.4 Å². The highest BCUT2D eigenvalue weighted by atomic mass is 32.1. The Bertz CT molecular complexity index is 1080. The van der Waals surface area contributed by atoms with Gasteiger partial charge in [0.05, 0.1) is 34.6 Å². The van der Waals surface area contributed by atoms with Crippen LogP contribution < -0.4 is 5.32 Å². The minimum absolute atomic E-state index is 0.206. The zero-order valence-corrected chi connectivity index (χ0v) is 17.1. The first-order chi connectivity index (χ1) is 14.1. The Hall–Kier alpha value is -3.23. The van der Waals surface area contributed by atoms with Gasteiger partial charge in [0, 0.05) is 18.9 Å². The molecule has 1 aromatic carbocycles. The van der Waals surface area contributed by atoms with Gasteiger partial charge in [0.1, 0.15) is 5.69 Å². The van der Waals surface area contributed by atoms with Gasteiger partial charge in [-0.3, -0.25) is 9.48 Å². The zero-order chi connectivity index (χ0) is 20.2. The lowest BCUT2D eigenvalue weighted by atomic mass is 10.2. The van der Waals surface area contributed by atoms with Gasteiger partial charge in [-0.25, -0.2) is 4.68 Å². The quantitative estimate of drug-likeness (QED) is 0.509. The van der Waals surface area contributed by atoms with E-state index >= 15 is 0 Å². The first-order valence-corrected chi connectivity index (χ1v) is 10.2. The predicted molar refractivity (Wildman–Crippen MR) is 116 cm³/mol. The van der Waals surface area contributed by atoms with Crippen LogP contribution in [0.3, 0.4) is 0 Å². The molecular formula is C21H22N6OS. The molecule has 1 N–H and O–H groups in total. The fourth-order valence-corrected chi connectivity index (χ4v) is 3.62. The van der Waals surface area contributed by atoms with Crippen LogP contribution >= 0.6 is 11.3 Å². The molecule has 0 fully saturated rings. The number of carbonyl (C=O) groups is 1. The van der Waals surface area contributed by atoms with Crippen molar-refractivity contribution >= 4 is 22.9 Å². The van der Waals surface area contributed by atoms with Crippen molar-refractivity contribution in [3.8, 4) is 16.3 Å². The van der Waals surface area contributed by atoms with Crippen LogP contribution in [-0.2, 0) is 6.54 Å². The number of hydrogen-bond acceptors (Lipinski definition) is 5. The number of nitrogens with one attached hydrogen (secondary N) is 1. The van der Waals surface area contributed by atoms with E-state index in [0.717, 1.165) is 23.7 Å². The van der Waals surface area contributed by atoms with Crippen molar-refractivity contribution in [2.24, 2.45) is 0 Å². The van der Waals surface area contributed by atoms with Gasteiger partial charge in [-0.2, -0.15) is 10.2 Å². The highest BCUT2D eigenvalue weighted by Gasteiger charge is 2.20. The van der Waals surface area contributed by atoms with Crippen LogP contribution in [-0.4, -0.2) is 51.0 Å². The van der Waals surface area contributed by atoms with Gasteiger partial charge in [-0.1, -0.05) is 24.3 Å². The van der Waals surface area contributed by atoms with E-state index in [1.165, 1.54) is 0 Å². The summed E-state index contributed by atoms with van der Waals surface area (Å²) in [5.74, 6) is -0.206. The number of rotatable bonds is 7. The largest absolute Gasteiger partial charge is 0.319 e. The minimum atomic E-state index is -0.206. The summed E-state index contributed by atoms with van der Waals surface area (Å²) in [6, 6.07) is 13.7. The summed E-state index contributed by atoms with van der Waals surface area (Å²) in [5.41, 5.74) is 2.76. The SMILES string of the molecule is CN(C)CCn1cc(NC(=O)c2cn(-c3ccccc3)nc2-c2cccs2)cn1. The van der Waals surface area contributed by atoms with Crippen LogP contribution in [0.2, 0.25) is 0 Å². The maximum atomic E-state index is 13.0. The molecule has 0 bridgehead atoms. The van der Waals surface area contributed by atoms with E-state index in [0.29, 0.717) is 16.9 Å². The molecule has 8 heteroatoms. The van der Waals surface area contributed by atoms with E-state index < -0.39 is 0 Å². The molecule has 0 aliphatic carbocycles. The Morgan fingerprint density at radius 2 is 1.97 bits per heavy atom. The fourth-order valence-electron chi connectivity index (χ4n) is 2.90. The monoisotopic (exact) mass is 406 g/mol. The summed E-state index contributed by atoms with van der Waals surface area (Å²) in [6.45, 7) is 1.64. The Morgan fingerprint density at radius 3 is 2.69 bits per heavy atom. The van der Waals surface area contributed by atoms with E-state index in [4.69, 9.17) is 0 Å². The second kappa shape index (κ2) is 8.42. The first-order valence-electron chi connectivity index (χ1n) is 9.27. The molecule has 4 aromatic rings. The first kappa shape index (κ1) is 19.1. The molecule has 0 radical (unpaired) electrons. The zero-order valence-electron chi connectivity index (χ0n) is 16.3. The molecular weight excluding hydrogens is 384 g/mol. The maximum Gasteiger partial charge on any atom is 0.259 e. The van der Waals surface area contributed by atoms with E-state index in [1.54, 1.807) is 28.4 Å². The topological polar surface area (TPSA) is 68.0 Å². The fraction of sp³-hybridized carbons (Fsp3) is 0.190. The Morgan fingerprint density at radius 1 is 1.14 bits per heavy atom. The summed E-state index contributed by atoms with van der Waals surface area (Å²) < 4.78 is 3.56. The van der Waals surface area contributed by atoms with Gasteiger partial charge in [-0.15, -0.1) is 11.3 Å². The van der Waals surface area contributed by atoms with Crippen LogP contribution in [0.5, 0.6) is 0 Å². The molecule has 0 aliphatic rings. The second-order valence-corrected chi connectivity index (χ2v) is 7.85. The highest BCUT2D eigenvalue weighted by Crippen LogP contribution is 2.28. The number of nitrogens with zero attached hydrogens (tertiary/aromatic N) is 5. The third-order valence-electron chi connectivity index (χ3n) is 4.40. The molecule has 7 nitrogen and oxygen atoms in total. The van der Waals surface area contributed by atoms with E-state index in [1.807, 2.05) is 72.8 Å². The molecule has 0 saturated carbocycles. The van der Waals surface area contributed by atoms with E-state index in [2.05, 4.69) is 20.4 Å². The van der Waals surface area contributed by atoms with Gasteiger partial charge in [0.2, 0.25) is 0 Å². The molecule has 3 aromatic heterocycles. The van der Waals surface area contributed by atoms with Crippen molar-refractivity contribution < 1.29 is 4.79 Å². The molecule has 0 saturated heterocycles. The summed E-state index contributed by atoms with van der Waals surface area (Å²) in [7, 11) is 4.03. The van der Waals surface area contributed by atoms with Crippen molar-refractivity contribution in [1.29, 1.82) is 0 Å². The van der Waals surface area contributed by atoms with Gasteiger partial charge in [0.25, 0.3) is 5.91 Å². The third-order valence-corrected chi connectivity index (χ3v) is 5.28. The Kier molecular flexibility index (Phi) is 5.55. The molecule has 4 rings (SSSR count). The van der Waals surface area contributed by atoms with Gasteiger partial charge in [0.15, 0.2) is 0 Å². The summed E-state index contributed by atoms with van der Waals surface area (Å²) in [5, 5.41) is 13.9. The Balaban J connectivity index is 1.60. The lowest BCUT2D eigenvalue weighted by Crippen LogP contribution is -2.18. The molecule has 1 amide bonds. The molecule has 148 valence electrons. The maximum absolute atomic E-state index is 13.0. The average Bonchev–Trinajstić information content (AvgIpc) is 3.47. The van der Waals surface area contributed by atoms with Gasteiger partial charge in [-0.05, 0) is 37.7 Å². The van der Waals surface area contributed by atoms with Crippen molar-refractivity contribution in [1.82, 2.24) is 24.5 Å². The number of benzene rings is 1. The molecule has 0 atom stereocenters. The molecule has 0 spiro atoms. The lowest BCUT2D eigenvalue weighted by molar-refractivity contribution is 0.102. The number of hydrogen-bond donors (Lipinski definition) is 1. The molecule has 0 aliphatic heterocycles. The molecule has 3 heterocycles. The van der Waals surface area contributed by atoms with Crippen molar-refractivity contribution in [2.75, 3.05) is 26.0 Å². The molecule has 29 heavy (non-hydrogen) atoms. The standard InChI is InChI=1S/C21H22N6OS/c1-25(2)10-11-26-14-16(13-22-26)23-21(28)18-15-27(17-7-4-3-5-8-17)24-20(18)19-9-6-12-29-19/h3-9,12-15H,10-11H2,1-2H3,(H,23,28). The van der Waals surface area contributed by atoms with Crippen molar-refractivity contribution in [3.05, 3.63) is 72.0 Å². The summed E-state index contributed by atoms with van der Waals surface area (Å²) >= 11 is 1.56. The summed E-state index contributed by atoms with van der Waals surface area (Å²) in [4.78, 5) is 16.1. The molecule has 0 unspecified atom stereocenters. The van der Waals surface area contributed by atoms with Crippen LogP contribution in [0.25, 0.3) is 16.3 Å². The van der Waals surface area contributed by atoms with Gasteiger partial charge >= 0.3 is 0 Å². The Labute approximate surface area is 173 Å². The van der Waals surface area contributed by atoms with Crippen LogP contribution in [0.4, 0.5) is 5.69 Å².